The summed E-state index contributed by atoms with van der Waals surface area (Å²) in [6, 6.07) is 10.5. The Morgan fingerprint density at radius 2 is 2.14 bits per heavy atom. The fourth-order valence-electron chi connectivity index (χ4n) is 2.87. The third-order valence-corrected chi connectivity index (χ3v) is 5.38. The summed E-state index contributed by atoms with van der Waals surface area (Å²) in [7, 11) is 0. The summed E-state index contributed by atoms with van der Waals surface area (Å²) >= 11 is 1.61. The standard InChI is InChI=1S/C17H23N3OS/c1-17(21,15-5-4-12-22-15)13-19-14-7-10-20(11-8-14)16-6-2-3-9-18-16/h2-6,9,12,14,19,21H,7-8,10-11,13H2,1H3. The average Bonchev–Trinajstić information content (AvgIpc) is 3.10. The smallest absolute Gasteiger partial charge is 0.128 e. The van der Waals surface area contributed by atoms with Crippen LogP contribution in [0.5, 0.6) is 0 Å². The first-order chi connectivity index (χ1) is 10.6. The van der Waals surface area contributed by atoms with Crippen molar-refractivity contribution in [3.05, 3.63) is 46.8 Å². The SMILES string of the molecule is CC(O)(CNC1CCN(c2ccccn2)CC1)c1cccs1. The van der Waals surface area contributed by atoms with Crippen LogP contribution in [0.4, 0.5) is 5.82 Å². The third-order valence-electron chi connectivity index (χ3n) is 4.26. The van der Waals surface area contributed by atoms with E-state index >= 15 is 0 Å². The Kier molecular flexibility index (Phi) is 4.76. The van der Waals surface area contributed by atoms with Crippen LogP contribution in [0.15, 0.2) is 41.9 Å². The molecule has 1 aliphatic rings. The number of aromatic nitrogens is 1. The minimum atomic E-state index is -0.785. The molecule has 0 amide bonds. The zero-order valence-corrected chi connectivity index (χ0v) is 13.7. The molecule has 0 spiro atoms. The molecule has 0 saturated carbocycles. The molecule has 3 heterocycles. The molecule has 1 aliphatic heterocycles. The van der Waals surface area contributed by atoms with Crippen LogP contribution in [-0.2, 0) is 5.60 Å². The monoisotopic (exact) mass is 317 g/mol. The molecular weight excluding hydrogens is 294 g/mol. The summed E-state index contributed by atoms with van der Waals surface area (Å²) in [4.78, 5) is 7.76. The van der Waals surface area contributed by atoms with Crippen molar-refractivity contribution in [2.24, 2.45) is 0 Å². The molecule has 0 radical (unpaired) electrons. The molecule has 2 aromatic rings. The number of thiophene rings is 1. The Balaban J connectivity index is 1.48. The number of pyridine rings is 1. The van der Waals surface area contributed by atoms with Crippen molar-refractivity contribution in [2.75, 3.05) is 24.5 Å². The van der Waals surface area contributed by atoms with Crippen molar-refractivity contribution in [1.29, 1.82) is 0 Å². The van der Waals surface area contributed by atoms with Gasteiger partial charge in [-0.05, 0) is 43.3 Å². The molecule has 0 bridgehead atoms. The molecule has 1 fully saturated rings. The highest BCUT2D eigenvalue weighted by Crippen LogP contribution is 2.25. The molecule has 2 aromatic heterocycles. The van der Waals surface area contributed by atoms with Gasteiger partial charge in [0.15, 0.2) is 0 Å². The van der Waals surface area contributed by atoms with Crippen LogP contribution >= 0.6 is 11.3 Å². The van der Waals surface area contributed by atoms with Gasteiger partial charge in [-0.15, -0.1) is 11.3 Å². The van der Waals surface area contributed by atoms with E-state index in [0.29, 0.717) is 12.6 Å². The van der Waals surface area contributed by atoms with Gasteiger partial charge >= 0.3 is 0 Å². The molecular formula is C17H23N3OS. The number of nitrogens with one attached hydrogen (secondary N) is 1. The van der Waals surface area contributed by atoms with Crippen LogP contribution in [0.2, 0.25) is 0 Å². The molecule has 0 aromatic carbocycles. The van der Waals surface area contributed by atoms with E-state index < -0.39 is 5.60 Å². The highest BCUT2D eigenvalue weighted by molar-refractivity contribution is 7.10. The lowest BCUT2D eigenvalue weighted by Gasteiger charge is -2.34. The van der Waals surface area contributed by atoms with Crippen molar-refractivity contribution in [3.8, 4) is 0 Å². The molecule has 1 unspecified atom stereocenters. The maximum Gasteiger partial charge on any atom is 0.128 e. The van der Waals surface area contributed by atoms with Crippen LogP contribution in [0.1, 0.15) is 24.6 Å². The Morgan fingerprint density at radius 3 is 2.77 bits per heavy atom. The molecule has 118 valence electrons. The first-order valence-corrected chi connectivity index (χ1v) is 8.69. The van der Waals surface area contributed by atoms with Crippen LogP contribution < -0.4 is 10.2 Å². The van der Waals surface area contributed by atoms with E-state index in [1.165, 1.54) is 0 Å². The van der Waals surface area contributed by atoms with Gasteiger partial charge in [0.1, 0.15) is 11.4 Å². The van der Waals surface area contributed by atoms with E-state index in [9.17, 15) is 5.11 Å². The van der Waals surface area contributed by atoms with E-state index in [2.05, 4.69) is 21.3 Å². The summed E-state index contributed by atoms with van der Waals surface area (Å²) < 4.78 is 0. The van der Waals surface area contributed by atoms with E-state index in [1.807, 2.05) is 42.8 Å². The number of aliphatic hydroxyl groups is 1. The minimum absolute atomic E-state index is 0.464. The van der Waals surface area contributed by atoms with E-state index in [0.717, 1.165) is 36.6 Å². The van der Waals surface area contributed by atoms with Crippen LogP contribution in [0.25, 0.3) is 0 Å². The van der Waals surface area contributed by atoms with Crippen LogP contribution in [0, 0.1) is 0 Å². The van der Waals surface area contributed by atoms with Crippen molar-refractivity contribution < 1.29 is 5.11 Å². The topological polar surface area (TPSA) is 48.4 Å². The lowest BCUT2D eigenvalue weighted by Crippen LogP contribution is -2.46. The second-order valence-corrected chi connectivity index (χ2v) is 7.03. The molecule has 1 atom stereocenters. The number of nitrogens with zero attached hydrogens (tertiary/aromatic N) is 2. The fraction of sp³-hybridized carbons (Fsp3) is 0.471. The van der Waals surface area contributed by atoms with Gasteiger partial charge in [0, 0.05) is 36.8 Å². The fourth-order valence-corrected chi connectivity index (χ4v) is 3.66. The average molecular weight is 317 g/mol. The zero-order chi connectivity index (χ0) is 15.4. The van der Waals surface area contributed by atoms with Crippen LogP contribution in [-0.4, -0.2) is 35.8 Å². The Hall–Kier alpha value is -1.43. The summed E-state index contributed by atoms with van der Waals surface area (Å²) in [5, 5.41) is 16.1. The summed E-state index contributed by atoms with van der Waals surface area (Å²) in [5.41, 5.74) is -0.785. The number of anilines is 1. The summed E-state index contributed by atoms with van der Waals surface area (Å²) in [6.07, 6.45) is 4.01. The van der Waals surface area contributed by atoms with E-state index in [1.54, 1.807) is 11.3 Å². The van der Waals surface area contributed by atoms with E-state index in [4.69, 9.17) is 0 Å². The highest BCUT2D eigenvalue weighted by atomic mass is 32.1. The molecule has 2 N–H and O–H groups in total. The second-order valence-electron chi connectivity index (χ2n) is 6.08. The first kappa shape index (κ1) is 15.5. The van der Waals surface area contributed by atoms with Crippen molar-refractivity contribution in [2.45, 2.75) is 31.4 Å². The third kappa shape index (κ3) is 3.66. The first-order valence-electron chi connectivity index (χ1n) is 7.81. The van der Waals surface area contributed by atoms with Crippen LogP contribution in [0.3, 0.4) is 0 Å². The Morgan fingerprint density at radius 1 is 1.32 bits per heavy atom. The molecule has 0 aliphatic carbocycles. The highest BCUT2D eigenvalue weighted by Gasteiger charge is 2.26. The quantitative estimate of drug-likeness (QED) is 0.890. The number of hydrogen-bond acceptors (Lipinski definition) is 5. The van der Waals surface area contributed by atoms with Gasteiger partial charge in [-0.3, -0.25) is 0 Å². The number of rotatable bonds is 5. The van der Waals surface area contributed by atoms with Gasteiger partial charge in [0.2, 0.25) is 0 Å². The molecule has 5 heteroatoms. The Labute approximate surface area is 135 Å². The molecule has 22 heavy (non-hydrogen) atoms. The van der Waals surface area contributed by atoms with E-state index in [-0.39, 0.29) is 0 Å². The normalized spacial score (nSPS) is 19.1. The minimum Gasteiger partial charge on any atom is -0.383 e. The maximum atomic E-state index is 10.6. The predicted molar refractivity (Wildman–Crippen MR) is 91.4 cm³/mol. The largest absolute Gasteiger partial charge is 0.383 e. The lowest BCUT2D eigenvalue weighted by atomic mass is 10.0. The predicted octanol–water partition coefficient (Wildman–Crippen LogP) is 2.61. The second kappa shape index (κ2) is 6.77. The van der Waals surface area contributed by atoms with Gasteiger partial charge in [-0.1, -0.05) is 12.1 Å². The maximum absolute atomic E-state index is 10.6. The van der Waals surface area contributed by atoms with Gasteiger partial charge in [-0.2, -0.15) is 0 Å². The Bertz CT molecular complexity index is 563. The van der Waals surface area contributed by atoms with Gasteiger partial charge in [-0.25, -0.2) is 4.98 Å². The zero-order valence-electron chi connectivity index (χ0n) is 12.9. The van der Waals surface area contributed by atoms with Gasteiger partial charge in [0.25, 0.3) is 0 Å². The number of hydrogen-bond donors (Lipinski definition) is 2. The van der Waals surface area contributed by atoms with Crippen molar-refractivity contribution >= 4 is 17.2 Å². The molecule has 1 saturated heterocycles. The lowest BCUT2D eigenvalue weighted by molar-refractivity contribution is 0.0565. The summed E-state index contributed by atoms with van der Waals surface area (Å²) in [5.74, 6) is 1.06. The van der Waals surface area contributed by atoms with Gasteiger partial charge in [0.05, 0.1) is 0 Å². The van der Waals surface area contributed by atoms with Crippen molar-refractivity contribution in [3.63, 3.8) is 0 Å². The van der Waals surface area contributed by atoms with Gasteiger partial charge < -0.3 is 15.3 Å². The molecule has 3 rings (SSSR count). The summed E-state index contributed by atoms with van der Waals surface area (Å²) in [6.45, 7) is 4.50. The number of piperidine rings is 1. The molecule has 4 nitrogen and oxygen atoms in total. The van der Waals surface area contributed by atoms with Crippen molar-refractivity contribution in [1.82, 2.24) is 10.3 Å².